The zero-order valence-corrected chi connectivity index (χ0v) is 12.1. The minimum absolute atomic E-state index is 0.613. The lowest BCUT2D eigenvalue weighted by Gasteiger charge is -2.10. The Morgan fingerprint density at radius 3 is 2.33 bits per heavy atom. The molecule has 0 unspecified atom stereocenters. The third kappa shape index (κ3) is 5.75. The van der Waals surface area contributed by atoms with Gasteiger partial charge in [0.2, 0.25) is 0 Å². The van der Waals surface area contributed by atoms with Crippen molar-refractivity contribution in [2.45, 2.75) is 6.42 Å². The van der Waals surface area contributed by atoms with Crippen molar-refractivity contribution in [1.29, 1.82) is 0 Å². The third-order valence-corrected chi connectivity index (χ3v) is 2.88. The Morgan fingerprint density at radius 1 is 0.857 bits per heavy atom. The molecule has 0 saturated heterocycles. The fourth-order valence-corrected chi connectivity index (χ4v) is 1.87. The number of hydrogen-bond acceptors (Lipinski definition) is 4. The summed E-state index contributed by atoms with van der Waals surface area (Å²) in [5.74, 6) is 1.75. The summed E-state index contributed by atoms with van der Waals surface area (Å²) in [5, 5.41) is 3.23. The lowest BCUT2D eigenvalue weighted by Crippen LogP contribution is -2.13. The topological polar surface area (TPSA) is 56.5 Å². The summed E-state index contributed by atoms with van der Waals surface area (Å²) in [6, 6.07) is 17.7. The van der Waals surface area contributed by atoms with E-state index in [1.807, 2.05) is 54.6 Å². The van der Waals surface area contributed by atoms with E-state index in [9.17, 15) is 0 Å². The van der Waals surface area contributed by atoms with Gasteiger partial charge in [-0.1, -0.05) is 24.3 Å². The number of para-hydroxylation sites is 1. The van der Waals surface area contributed by atoms with Crippen LogP contribution in [0.1, 0.15) is 6.42 Å². The van der Waals surface area contributed by atoms with Crippen molar-refractivity contribution in [3.63, 3.8) is 0 Å². The number of ether oxygens (including phenoxy) is 2. The van der Waals surface area contributed by atoms with Gasteiger partial charge in [0.1, 0.15) is 11.5 Å². The highest BCUT2D eigenvalue weighted by atomic mass is 16.5. The predicted octanol–water partition coefficient (Wildman–Crippen LogP) is 2.91. The van der Waals surface area contributed by atoms with E-state index in [2.05, 4.69) is 5.32 Å². The second kappa shape index (κ2) is 8.87. The Labute approximate surface area is 125 Å². The molecule has 2 rings (SSSR count). The molecule has 0 fully saturated rings. The highest BCUT2D eigenvalue weighted by Gasteiger charge is 1.97. The summed E-state index contributed by atoms with van der Waals surface area (Å²) in [5.41, 5.74) is 6.49. The second-order valence-corrected chi connectivity index (χ2v) is 4.61. The first-order valence-corrected chi connectivity index (χ1v) is 7.23. The summed E-state index contributed by atoms with van der Waals surface area (Å²) in [6.45, 7) is 2.65. The molecular formula is C17H22N2O2. The van der Waals surface area contributed by atoms with E-state index in [4.69, 9.17) is 15.2 Å². The molecule has 2 aromatic rings. The standard InChI is InChI=1S/C17H22N2O2/c18-10-11-19-15-6-4-9-17(14-15)21-13-5-12-20-16-7-2-1-3-8-16/h1-4,6-9,14,19H,5,10-13,18H2. The number of nitrogens with one attached hydrogen (secondary N) is 1. The van der Waals surface area contributed by atoms with E-state index >= 15 is 0 Å². The average molecular weight is 286 g/mol. The number of anilines is 1. The van der Waals surface area contributed by atoms with E-state index in [1.54, 1.807) is 0 Å². The van der Waals surface area contributed by atoms with Crippen LogP contribution in [0.2, 0.25) is 0 Å². The van der Waals surface area contributed by atoms with Crippen molar-refractivity contribution >= 4 is 5.69 Å². The number of nitrogens with two attached hydrogens (primary N) is 1. The zero-order valence-electron chi connectivity index (χ0n) is 12.1. The van der Waals surface area contributed by atoms with Gasteiger partial charge in [-0.3, -0.25) is 0 Å². The van der Waals surface area contributed by atoms with Gasteiger partial charge in [-0.2, -0.15) is 0 Å². The number of rotatable bonds is 9. The van der Waals surface area contributed by atoms with Crippen LogP contribution in [0.25, 0.3) is 0 Å². The molecule has 0 atom stereocenters. The van der Waals surface area contributed by atoms with Crippen LogP contribution in [0.5, 0.6) is 11.5 Å². The highest BCUT2D eigenvalue weighted by molar-refractivity contribution is 5.48. The average Bonchev–Trinajstić information content (AvgIpc) is 2.54. The lowest BCUT2D eigenvalue weighted by molar-refractivity contribution is 0.247. The van der Waals surface area contributed by atoms with Crippen LogP contribution < -0.4 is 20.5 Å². The van der Waals surface area contributed by atoms with Gasteiger partial charge in [-0.15, -0.1) is 0 Å². The van der Waals surface area contributed by atoms with Gasteiger partial charge in [0.05, 0.1) is 13.2 Å². The van der Waals surface area contributed by atoms with Gasteiger partial charge < -0.3 is 20.5 Å². The molecular weight excluding hydrogens is 264 g/mol. The van der Waals surface area contributed by atoms with Crippen LogP contribution in [0, 0.1) is 0 Å². The Balaban J connectivity index is 1.66. The quantitative estimate of drug-likeness (QED) is 0.696. The normalized spacial score (nSPS) is 10.1. The fraction of sp³-hybridized carbons (Fsp3) is 0.294. The first-order valence-electron chi connectivity index (χ1n) is 7.23. The summed E-state index contributed by atoms with van der Waals surface area (Å²) in [6.07, 6.45) is 0.843. The summed E-state index contributed by atoms with van der Waals surface area (Å²) in [4.78, 5) is 0. The van der Waals surface area contributed by atoms with E-state index in [1.165, 1.54) is 0 Å². The SMILES string of the molecule is NCCNc1cccc(OCCCOc2ccccc2)c1. The Bertz CT molecular complexity index is 517. The smallest absolute Gasteiger partial charge is 0.121 e. The highest BCUT2D eigenvalue weighted by Crippen LogP contribution is 2.17. The molecule has 0 radical (unpaired) electrons. The second-order valence-electron chi connectivity index (χ2n) is 4.61. The fourth-order valence-electron chi connectivity index (χ4n) is 1.87. The van der Waals surface area contributed by atoms with Gasteiger partial charge in [-0.25, -0.2) is 0 Å². The van der Waals surface area contributed by atoms with Crippen LogP contribution in [0.15, 0.2) is 54.6 Å². The van der Waals surface area contributed by atoms with E-state index < -0.39 is 0 Å². The van der Waals surface area contributed by atoms with Crippen LogP contribution >= 0.6 is 0 Å². The first kappa shape index (κ1) is 15.2. The summed E-state index contributed by atoms with van der Waals surface area (Å²) < 4.78 is 11.3. The molecule has 21 heavy (non-hydrogen) atoms. The molecule has 0 bridgehead atoms. The molecule has 0 amide bonds. The Kier molecular flexibility index (Phi) is 6.42. The lowest BCUT2D eigenvalue weighted by atomic mass is 10.3. The molecule has 0 saturated carbocycles. The predicted molar refractivity (Wildman–Crippen MR) is 86.0 cm³/mol. The molecule has 112 valence electrons. The summed E-state index contributed by atoms with van der Waals surface area (Å²) in [7, 11) is 0. The molecule has 0 aliphatic carbocycles. The molecule has 0 spiro atoms. The van der Waals surface area contributed by atoms with E-state index in [0.29, 0.717) is 19.8 Å². The van der Waals surface area contributed by atoms with Gasteiger partial charge in [-0.05, 0) is 24.3 Å². The van der Waals surface area contributed by atoms with Crippen LogP contribution in [-0.4, -0.2) is 26.3 Å². The number of benzene rings is 2. The van der Waals surface area contributed by atoms with Crippen molar-refractivity contribution in [2.24, 2.45) is 5.73 Å². The zero-order chi connectivity index (χ0) is 14.8. The maximum atomic E-state index is 5.71. The van der Waals surface area contributed by atoms with Gasteiger partial charge in [0, 0.05) is 31.3 Å². The molecule has 3 N–H and O–H groups in total. The van der Waals surface area contributed by atoms with Crippen LogP contribution in [-0.2, 0) is 0 Å². The van der Waals surface area contributed by atoms with Gasteiger partial charge in [0.25, 0.3) is 0 Å². The molecule has 0 aliphatic heterocycles. The van der Waals surface area contributed by atoms with Crippen molar-refractivity contribution in [3.05, 3.63) is 54.6 Å². The summed E-state index contributed by atoms with van der Waals surface area (Å²) >= 11 is 0. The largest absolute Gasteiger partial charge is 0.493 e. The molecule has 0 aromatic heterocycles. The van der Waals surface area contributed by atoms with Gasteiger partial charge in [0.15, 0.2) is 0 Å². The molecule has 0 heterocycles. The Morgan fingerprint density at radius 2 is 1.57 bits per heavy atom. The van der Waals surface area contributed by atoms with Crippen molar-refractivity contribution in [1.82, 2.24) is 0 Å². The van der Waals surface area contributed by atoms with E-state index in [0.717, 1.165) is 30.2 Å². The minimum Gasteiger partial charge on any atom is -0.493 e. The molecule has 2 aromatic carbocycles. The number of hydrogen-bond donors (Lipinski definition) is 2. The molecule has 4 heteroatoms. The van der Waals surface area contributed by atoms with Crippen molar-refractivity contribution in [2.75, 3.05) is 31.6 Å². The first-order chi connectivity index (χ1) is 10.4. The van der Waals surface area contributed by atoms with Crippen molar-refractivity contribution in [3.8, 4) is 11.5 Å². The minimum atomic E-state index is 0.613. The monoisotopic (exact) mass is 286 g/mol. The van der Waals surface area contributed by atoms with Crippen LogP contribution in [0.4, 0.5) is 5.69 Å². The Hall–Kier alpha value is -2.20. The van der Waals surface area contributed by atoms with Crippen molar-refractivity contribution < 1.29 is 9.47 Å². The maximum Gasteiger partial charge on any atom is 0.121 e. The third-order valence-electron chi connectivity index (χ3n) is 2.88. The van der Waals surface area contributed by atoms with E-state index in [-0.39, 0.29) is 0 Å². The molecule has 0 aliphatic rings. The maximum absolute atomic E-state index is 5.71. The molecule has 4 nitrogen and oxygen atoms in total. The van der Waals surface area contributed by atoms with Crippen LogP contribution in [0.3, 0.4) is 0 Å². The van der Waals surface area contributed by atoms with Gasteiger partial charge >= 0.3 is 0 Å².